The number of guanidine groups is 1. The van der Waals surface area contributed by atoms with Gasteiger partial charge >= 0.3 is 0 Å². The third-order valence-electron chi connectivity index (χ3n) is 6.57. The molecule has 1 saturated heterocycles. The van der Waals surface area contributed by atoms with Crippen LogP contribution in [0.1, 0.15) is 58.3 Å². The number of halogens is 3. The fourth-order valence-corrected chi connectivity index (χ4v) is 4.99. The molecule has 6 atom stereocenters. The van der Waals surface area contributed by atoms with Gasteiger partial charge in [-0.15, -0.1) is 11.6 Å². The van der Waals surface area contributed by atoms with Crippen molar-refractivity contribution in [2.24, 2.45) is 16.8 Å². The van der Waals surface area contributed by atoms with Gasteiger partial charge in [0.05, 0.1) is 12.0 Å². The number of methoxy groups -OCH3 is 1. The van der Waals surface area contributed by atoms with Crippen molar-refractivity contribution in [3.63, 3.8) is 0 Å². The van der Waals surface area contributed by atoms with Crippen LogP contribution in [0.4, 0.5) is 8.78 Å². The number of nitrogens with zero attached hydrogens (tertiary/aromatic N) is 1. The third-order valence-corrected chi connectivity index (χ3v) is 7.06. The SMILES string of the molecule is COC[C@H](C)N/C(=N\C1CC(C2CCC(F)CC2)NN1)NC(=O)C1CCC(Cl)C(F)C1. The standard InChI is InChI=1S/C21H36ClF2N5O2/c1-12(11-31-2)25-21(27-20(30)14-5-8-16(22)17(24)9-14)26-19-10-18(28-29-19)13-3-6-15(23)7-4-13/h12-19,28-29H,3-11H2,1-2H3,(H2,25,26,27,30)/t12-,13?,14?,15?,16?,17?,18?,19?/m0/s1. The quantitative estimate of drug-likeness (QED) is 0.276. The van der Waals surface area contributed by atoms with Crippen LogP contribution in [0.2, 0.25) is 0 Å². The smallest absolute Gasteiger partial charge is 0.229 e. The van der Waals surface area contributed by atoms with Crippen molar-refractivity contribution < 1.29 is 18.3 Å². The van der Waals surface area contributed by atoms with Crippen molar-refractivity contribution >= 4 is 23.5 Å². The topological polar surface area (TPSA) is 86.8 Å². The first kappa shape index (κ1) is 24.6. The third kappa shape index (κ3) is 7.23. The van der Waals surface area contributed by atoms with E-state index in [0.717, 1.165) is 19.3 Å². The lowest BCUT2D eigenvalue weighted by Crippen LogP contribution is -2.50. The molecule has 2 aliphatic carbocycles. The zero-order valence-corrected chi connectivity index (χ0v) is 19.1. The Morgan fingerprint density at radius 3 is 2.58 bits per heavy atom. The summed E-state index contributed by atoms with van der Waals surface area (Å²) in [5.74, 6) is 0.106. The summed E-state index contributed by atoms with van der Waals surface area (Å²) in [4.78, 5) is 17.4. The van der Waals surface area contributed by atoms with Gasteiger partial charge in [-0.25, -0.2) is 19.2 Å². The molecule has 1 amide bonds. The normalized spacial score (nSPS) is 38.0. The molecule has 3 aliphatic rings. The molecule has 0 radical (unpaired) electrons. The molecule has 178 valence electrons. The number of ether oxygens (including phenoxy) is 1. The minimum absolute atomic E-state index is 0.0680. The van der Waals surface area contributed by atoms with E-state index in [0.29, 0.717) is 44.2 Å². The number of alkyl halides is 3. The molecular weight excluding hydrogens is 428 g/mol. The van der Waals surface area contributed by atoms with Gasteiger partial charge in [-0.2, -0.15) is 0 Å². The highest BCUT2D eigenvalue weighted by molar-refractivity contribution is 6.21. The van der Waals surface area contributed by atoms with E-state index in [-0.39, 0.29) is 30.6 Å². The second-order valence-corrected chi connectivity index (χ2v) is 9.73. The van der Waals surface area contributed by atoms with Gasteiger partial charge in [0.2, 0.25) is 5.91 Å². The second kappa shape index (κ2) is 11.7. The van der Waals surface area contributed by atoms with Gasteiger partial charge in [-0.1, -0.05) is 0 Å². The lowest BCUT2D eigenvalue weighted by atomic mass is 9.82. The lowest BCUT2D eigenvalue weighted by molar-refractivity contribution is -0.125. The van der Waals surface area contributed by atoms with E-state index in [1.807, 2.05) is 6.92 Å². The molecular formula is C21H36ClF2N5O2. The van der Waals surface area contributed by atoms with Gasteiger partial charge in [0.1, 0.15) is 18.5 Å². The summed E-state index contributed by atoms with van der Waals surface area (Å²) < 4.78 is 32.6. The maximum absolute atomic E-state index is 14.0. The molecule has 2 saturated carbocycles. The Labute approximate surface area is 188 Å². The summed E-state index contributed by atoms with van der Waals surface area (Å²) in [6.45, 7) is 2.38. The van der Waals surface area contributed by atoms with Crippen molar-refractivity contribution in [2.45, 2.75) is 94.3 Å². The van der Waals surface area contributed by atoms with Crippen LogP contribution >= 0.6 is 11.6 Å². The van der Waals surface area contributed by atoms with E-state index >= 15 is 0 Å². The fourth-order valence-electron chi connectivity index (χ4n) is 4.76. The molecule has 1 aliphatic heterocycles. The molecule has 31 heavy (non-hydrogen) atoms. The van der Waals surface area contributed by atoms with E-state index in [9.17, 15) is 13.6 Å². The van der Waals surface area contributed by atoms with Crippen molar-refractivity contribution in [2.75, 3.05) is 13.7 Å². The number of carbonyl (C=O) groups excluding carboxylic acids is 1. The van der Waals surface area contributed by atoms with Crippen LogP contribution in [0.15, 0.2) is 4.99 Å². The summed E-state index contributed by atoms with van der Waals surface area (Å²) in [6, 6.07) is 0.155. The van der Waals surface area contributed by atoms with Crippen molar-refractivity contribution in [1.29, 1.82) is 0 Å². The Balaban J connectivity index is 1.60. The maximum atomic E-state index is 14.0. The number of aliphatic imine (C=N–C) groups is 1. The Kier molecular flexibility index (Phi) is 9.31. The Morgan fingerprint density at radius 2 is 1.90 bits per heavy atom. The number of hydrazine groups is 1. The number of hydrogen-bond acceptors (Lipinski definition) is 5. The van der Waals surface area contributed by atoms with Crippen molar-refractivity contribution in [3.05, 3.63) is 0 Å². The molecule has 7 nitrogen and oxygen atoms in total. The second-order valence-electron chi connectivity index (χ2n) is 9.17. The number of hydrogen-bond donors (Lipinski definition) is 4. The number of amides is 1. The van der Waals surface area contributed by atoms with Gasteiger partial charge in [0, 0.05) is 31.5 Å². The molecule has 4 N–H and O–H groups in total. The first-order valence-electron chi connectivity index (χ1n) is 11.4. The maximum Gasteiger partial charge on any atom is 0.229 e. The zero-order valence-electron chi connectivity index (χ0n) is 18.4. The van der Waals surface area contributed by atoms with Gasteiger partial charge in [0.25, 0.3) is 0 Å². The summed E-state index contributed by atoms with van der Waals surface area (Å²) in [5, 5.41) is 5.53. The highest BCUT2D eigenvalue weighted by Crippen LogP contribution is 2.32. The minimum atomic E-state index is -1.17. The minimum Gasteiger partial charge on any atom is -0.383 e. The predicted octanol–water partition coefficient (Wildman–Crippen LogP) is 2.55. The van der Waals surface area contributed by atoms with E-state index in [1.54, 1.807) is 7.11 Å². The molecule has 0 aromatic rings. The molecule has 3 rings (SSSR count). The first-order chi connectivity index (χ1) is 14.9. The van der Waals surface area contributed by atoms with Crippen LogP contribution in [0.25, 0.3) is 0 Å². The largest absolute Gasteiger partial charge is 0.383 e. The van der Waals surface area contributed by atoms with Gasteiger partial charge in [-0.3, -0.25) is 15.5 Å². The molecule has 0 bridgehead atoms. The molecule has 3 fully saturated rings. The zero-order chi connectivity index (χ0) is 22.4. The first-order valence-corrected chi connectivity index (χ1v) is 11.9. The summed E-state index contributed by atoms with van der Waals surface area (Å²) in [7, 11) is 1.61. The Hall–Kier alpha value is -1.03. The van der Waals surface area contributed by atoms with E-state index in [1.165, 1.54) is 0 Å². The monoisotopic (exact) mass is 463 g/mol. The van der Waals surface area contributed by atoms with E-state index in [2.05, 4.69) is 26.5 Å². The molecule has 0 spiro atoms. The number of carbonyl (C=O) groups is 1. The van der Waals surface area contributed by atoms with Crippen LogP contribution in [-0.2, 0) is 9.53 Å². The summed E-state index contributed by atoms with van der Waals surface area (Å²) in [6.07, 6.45) is 2.84. The van der Waals surface area contributed by atoms with Crippen LogP contribution < -0.4 is 21.5 Å². The van der Waals surface area contributed by atoms with Crippen LogP contribution in [-0.4, -0.2) is 61.6 Å². The molecule has 0 aromatic heterocycles. The van der Waals surface area contributed by atoms with Crippen molar-refractivity contribution in [3.8, 4) is 0 Å². The Morgan fingerprint density at radius 1 is 1.16 bits per heavy atom. The molecule has 1 heterocycles. The molecule has 10 heteroatoms. The van der Waals surface area contributed by atoms with Crippen LogP contribution in [0, 0.1) is 11.8 Å². The number of rotatable bonds is 6. The highest BCUT2D eigenvalue weighted by atomic mass is 35.5. The highest BCUT2D eigenvalue weighted by Gasteiger charge is 2.35. The van der Waals surface area contributed by atoms with Crippen LogP contribution in [0.5, 0.6) is 0 Å². The summed E-state index contributed by atoms with van der Waals surface area (Å²) in [5.41, 5.74) is 6.48. The van der Waals surface area contributed by atoms with Crippen molar-refractivity contribution in [1.82, 2.24) is 21.5 Å². The van der Waals surface area contributed by atoms with Gasteiger partial charge < -0.3 is 10.1 Å². The van der Waals surface area contributed by atoms with Crippen LogP contribution in [0.3, 0.4) is 0 Å². The van der Waals surface area contributed by atoms with E-state index in [4.69, 9.17) is 16.3 Å². The Bertz CT molecular complexity index is 621. The molecule has 0 aromatic carbocycles. The molecule has 5 unspecified atom stereocenters. The van der Waals surface area contributed by atoms with Gasteiger partial charge in [-0.05, 0) is 57.8 Å². The van der Waals surface area contributed by atoms with Gasteiger partial charge in [0.15, 0.2) is 5.96 Å². The predicted molar refractivity (Wildman–Crippen MR) is 117 cm³/mol. The number of nitrogens with one attached hydrogen (secondary N) is 4. The lowest BCUT2D eigenvalue weighted by Gasteiger charge is -2.28. The fraction of sp³-hybridized carbons (Fsp3) is 0.905. The average Bonchev–Trinajstić information content (AvgIpc) is 3.19. The average molecular weight is 464 g/mol. The summed E-state index contributed by atoms with van der Waals surface area (Å²) >= 11 is 5.95. The van der Waals surface area contributed by atoms with E-state index < -0.39 is 23.6 Å².